The molecule has 1 aliphatic heterocycles. The first-order valence-electron chi connectivity index (χ1n) is 5.05. The summed E-state index contributed by atoms with van der Waals surface area (Å²) in [4.78, 5) is 0. The summed E-state index contributed by atoms with van der Waals surface area (Å²) in [5, 5.41) is 3.48. The van der Waals surface area contributed by atoms with Crippen molar-refractivity contribution in [2.45, 2.75) is 32.6 Å². The Morgan fingerprint density at radius 2 is 2.00 bits per heavy atom. The highest BCUT2D eigenvalue weighted by molar-refractivity contribution is 9.10. The average Bonchev–Trinajstić information content (AvgIpc) is 2.47. The van der Waals surface area contributed by atoms with Crippen molar-refractivity contribution in [2.75, 3.05) is 11.9 Å². The minimum Gasteiger partial charge on any atom is -0.384 e. The van der Waals surface area contributed by atoms with E-state index in [0.717, 1.165) is 13.0 Å². The summed E-state index contributed by atoms with van der Waals surface area (Å²) in [6.45, 7) is 7.86. The lowest BCUT2D eigenvalue weighted by Gasteiger charge is -2.23. The summed E-state index contributed by atoms with van der Waals surface area (Å²) in [7, 11) is 0. The quantitative estimate of drug-likeness (QED) is 0.744. The predicted molar refractivity (Wildman–Crippen MR) is 65.0 cm³/mol. The fourth-order valence-electron chi connectivity index (χ4n) is 1.98. The summed E-state index contributed by atoms with van der Waals surface area (Å²) in [6.07, 6.45) is 1.15. The molecule has 0 saturated carbocycles. The van der Waals surface area contributed by atoms with Crippen LogP contribution in [-0.4, -0.2) is 6.54 Å². The first-order valence-corrected chi connectivity index (χ1v) is 5.84. The fourth-order valence-corrected chi connectivity index (χ4v) is 2.49. The van der Waals surface area contributed by atoms with Gasteiger partial charge in [0.05, 0.1) is 0 Å². The van der Waals surface area contributed by atoms with Crippen molar-refractivity contribution in [2.24, 2.45) is 0 Å². The van der Waals surface area contributed by atoms with Crippen LogP contribution in [0, 0.1) is 0 Å². The summed E-state index contributed by atoms with van der Waals surface area (Å²) in [5.41, 5.74) is 4.44. The van der Waals surface area contributed by atoms with Crippen molar-refractivity contribution in [1.82, 2.24) is 0 Å². The molecule has 1 nitrogen and oxygen atoms in total. The highest BCUT2D eigenvalue weighted by Crippen LogP contribution is 2.37. The number of anilines is 1. The van der Waals surface area contributed by atoms with E-state index < -0.39 is 0 Å². The van der Waals surface area contributed by atoms with Gasteiger partial charge in [-0.15, -0.1) is 0 Å². The van der Waals surface area contributed by atoms with Gasteiger partial charge < -0.3 is 5.32 Å². The summed E-state index contributed by atoms with van der Waals surface area (Å²) in [6, 6.07) is 4.46. The van der Waals surface area contributed by atoms with Gasteiger partial charge in [0.1, 0.15) is 0 Å². The van der Waals surface area contributed by atoms with E-state index in [1.54, 1.807) is 0 Å². The Morgan fingerprint density at radius 1 is 1.29 bits per heavy atom. The molecule has 0 aromatic heterocycles. The highest BCUT2D eigenvalue weighted by atomic mass is 79.9. The third-order valence-corrected chi connectivity index (χ3v) is 3.15. The minimum absolute atomic E-state index is 0.213. The molecule has 0 unspecified atom stereocenters. The Morgan fingerprint density at radius 3 is 2.64 bits per heavy atom. The molecular formula is C12H16BrN. The Labute approximate surface area is 94.0 Å². The molecule has 0 fully saturated rings. The van der Waals surface area contributed by atoms with Gasteiger partial charge in [-0.3, -0.25) is 0 Å². The van der Waals surface area contributed by atoms with E-state index in [-0.39, 0.29) is 5.41 Å². The predicted octanol–water partition coefficient (Wildman–Crippen LogP) is 3.71. The molecule has 0 saturated heterocycles. The van der Waals surface area contributed by atoms with Gasteiger partial charge in [0.2, 0.25) is 0 Å². The van der Waals surface area contributed by atoms with Gasteiger partial charge in [-0.2, -0.15) is 0 Å². The second-order valence-electron chi connectivity index (χ2n) is 4.91. The van der Waals surface area contributed by atoms with Crippen molar-refractivity contribution in [3.05, 3.63) is 27.7 Å². The second-order valence-corrected chi connectivity index (χ2v) is 5.83. The van der Waals surface area contributed by atoms with E-state index >= 15 is 0 Å². The molecule has 1 aromatic carbocycles. The number of fused-ring (bicyclic) bond motifs is 1. The number of hydrogen-bond acceptors (Lipinski definition) is 1. The van der Waals surface area contributed by atoms with Crippen LogP contribution >= 0.6 is 15.9 Å². The number of benzene rings is 1. The second kappa shape index (κ2) is 3.27. The number of rotatable bonds is 0. The van der Waals surface area contributed by atoms with Gasteiger partial charge in [-0.1, -0.05) is 36.7 Å². The molecule has 0 radical (unpaired) electrons. The molecule has 76 valence electrons. The maximum atomic E-state index is 3.58. The Balaban J connectivity index is 2.60. The van der Waals surface area contributed by atoms with Crippen molar-refractivity contribution in [1.29, 1.82) is 0 Å². The Kier molecular flexibility index (Phi) is 2.34. The maximum absolute atomic E-state index is 3.58. The molecule has 2 rings (SSSR count). The maximum Gasteiger partial charge on any atom is 0.0412 e. The van der Waals surface area contributed by atoms with Gasteiger partial charge in [0, 0.05) is 16.7 Å². The van der Waals surface area contributed by atoms with Gasteiger partial charge in [0.25, 0.3) is 0 Å². The molecular weight excluding hydrogens is 238 g/mol. The van der Waals surface area contributed by atoms with E-state index in [1.807, 2.05) is 0 Å². The van der Waals surface area contributed by atoms with Crippen molar-refractivity contribution < 1.29 is 0 Å². The monoisotopic (exact) mass is 253 g/mol. The molecule has 14 heavy (non-hydrogen) atoms. The molecule has 0 amide bonds. The first-order chi connectivity index (χ1) is 6.48. The van der Waals surface area contributed by atoms with Crippen molar-refractivity contribution in [3.63, 3.8) is 0 Å². The molecule has 0 atom stereocenters. The molecule has 1 aliphatic rings. The molecule has 1 N–H and O–H groups in total. The molecule has 0 aliphatic carbocycles. The van der Waals surface area contributed by atoms with Gasteiger partial charge in [0.15, 0.2) is 0 Å². The topological polar surface area (TPSA) is 12.0 Å². The van der Waals surface area contributed by atoms with Crippen LogP contribution in [0.15, 0.2) is 16.6 Å². The molecule has 0 bridgehead atoms. The minimum atomic E-state index is 0.213. The number of nitrogens with one attached hydrogen (secondary N) is 1. The molecule has 0 spiro atoms. The smallest absolute Gasteiger partial charge is 0.0412 e. The van der Waals surface area contributed by atoms with E-state index in [9.17, 15) is 0 Å². The van der Waals surface area contributed by atoms with Crippen LogP contribution in [0.1, 0.15) is 31.9 Å². The molecule has 1 aromatic rings. The lowest BCUT2D eigenvalue weighted by atomic mass is 9.85. The van der Waals surface area contributed by atoms with Crippen LogP contribution in [0.5, 0.6) is 0 Å². The van der Waals surface area contributed by atoms with Gasteiger partial charge >= 0.3 is 0 Å². The zero-order chi connectivity index (χ0) is 10.3. The standard InChI is InChI=1S/C12H16BrN/c1-12(2,3)10-7-9(13)6-8-4-5-14-11(8)10/h6-7,14H,4-5H2,1-3H3. The third-order valence-electron chi connectivity index (χ3n) is 2.69. The van der Waals surface area contributed by atoms with Crippen LogP contribution in [0.2, 0.25) is 0 Å². The van der Waals surface area contributed by atoms with Gasteiger partial charge in [-0.05, 0) is 35.1 Å². The Bertz CT molecular complexity index is 363. The number of halogens is 1. The van der Waals surface area contributed by atoms with E-state index in [1.165, 1.54) is 21.3 Å². The number of hydrogen-bond donors (Lipinski definition) is 1. The summed E-state index contributed by atoms with van der Waals surface area (Å²) >= 11 is 3.58. The lowest BCUT2D eigenvalue weighted by Crippen LogP contribution is -2.13. The normalized spacial score (nSPS) is 15.1. The lowest BCUT2D eigenvalue weighted by molar-refractivity contribution is 0.592. The highest BCUT2D eigenvalue weighted by Gasteiger charge is 2.23. The van der Waals surface area contributed by atoms with E-state index in [2.05, 4.69) is 54.2 Å². The first kappa shape index (κ1) is 10.0. The fraction of sp³-hybridized carbons (Fsp3) is 0.500. The van der Waals surface area contributed by atoms with Crippen LogP contribution in [-0.2, 0) is 11.8 Å². The van der Waals surface area contributed by atoms with Crippen LogP contribution in [0.4, 0.5) is 5.69 Å². The Hall–Kier alpha value is -0.500. The van der Waals surface area contributed by atoms with Crippen LogP contribution < -0.4 is 5.32 Å². The van der Waals surface area contributed by atoms with Crippen LogP contribution in [0.3, 0.4) is 0 Å². The van der Waals surface area contributed by atoms with E-state index in [4.69, 9.17) is 0 Å². The largest absolute Gasteiger partial charge is 0.384 e. The van der Waals surface area contributed by atoms with Crippen LogP contribution in [0.25, 0.3) is 0 Å². The summed E-state index contributed by atoms with van der Waals surface area (Å²) < 4.78 is 1.20. The van der Waals surface area contributed by atoms with E-state index in [0.29, 0.717) is 0 Å². The van der Waals surface area contributed by atoms with Crippen molar-refractivity contribution in [3.8, 4) is 0 Å². The average molecular weight is 254 g/mol. The van der Waals surface area contributed by atoms with Gasteiger partial charge in [-0.25, -0.2) is 0 Å². The SMILES string of the molecule is CC(C)(C)c1cc(Br)cc2c1NCC2. The molecule has 1 heterocycles. The summed E-state index contributed by atoms with van der Waals surface area (Å²) in [5.74, 6) is 0. The molecule has 2 heteroatoms. The zero-order valence-electron chi connectivity index (χ0n) is 8.95. The zero-order valence-corrected chi connectivity index (χ0v) is 10.5. The third kappa shape index (κ3) is 1.68. The van der Waals surface area contributed by atoms with Crippen molar-refractivity contribution >= 4 is 21.6 Å².